The van der Waals surface area contributed by atoms with Gasteiger partial charge in [-0.2, -0.15) is 0 Å². The fourth-order valence-electron chi connectivity index (χ4n) is 1.83. The topological polar surface area (TPSA) is 9.23 Å². The van der Waals surface area contributed by atoms with Crippen molar-refractivity contribution in [2.75, 3.05) is 7.11 Å². The third kappa shape index (κ3) is 2.80. The van der Waals surface area contributed by atoms with Crippen molar-refractivity contribution in [1.29, 1.82) is 0 Å². The molecule has 1 unspecified atom stereocenters. The number of hydrogen-bond acceptors (Lipinski definition) is 1. The number of rotatable bonds is 6. The molecule has 82 valence electrons. The van der Waals surface area contributed by atoms with Gasteiger partial charge in [-0.25, -0.2) is 0 Å². The van der Waals surface area contributed by atoms with E-state index in [1.54, 1.807) is 0 Å². The fraction of sp³-hybridized carbons (Fsp3) is 0.385. The first-order valence-electron chi connectivity index (χ1n) is 5.53. The maximum Gasteiger partial charge on any atom is 0.247 e. The van der Waals surface area contributed by atoms with Crippen LogP contribution >= 0.6 is 0 Å². The highest BCUT2D eigenvalue weighted by molar-refractivity contribution is 6.90. The van der Waals surface area contributed by atoms with Crippen LogP contribution in [0.15, 0.2) is 42.6 Å². The molecule has 0 bridgehead atoms. The van der Waals surface area contributed by atoms with Crippen LogP contribution in [-0.2, 0) is 4.43 Å². The van der Waals surface area contributed by atoms with Crippen molar-refractivity contribution in [3.8, 4) is 0 Å². The van der Waals surface area contributed by atoms with E-state index in [2.05, 4.69) is 43.5 Å². The molecule has 0 saturated carbocycles. The van der Waals surface area contributed by atoms with Crippen molar-refractivity contribution in [3.05, 3.63) is 42.6 Å². The van der Waals surface area contributed by atoms with Crippen molar-refractivity contribution in [2.45, 2.75) is 25.8 Å². The molecular formula is C13H20OSi. The third-order valence-electron chi connectivity index (χ3n) is 2.86. The lowest BCUT2D eigenvalue weighted by Crippen LogP contribution is -2.48. The highest BCUT2D eigenvalue weighted by Gasteiger charge is 2.31. The highest BCUT2D eigenvalue weighted by Crippen LogP contribution is 2.16. The molecule has 0 aromatic heterocycles. The Hall–Kier alpha value is -0.863. The first-order chi connectivity index (χ1) is 7.29. The zero-order chi connectivity index (χ0) is 11.1. The lowest BCUT2D eigenvalue weighted by molar-refractivity contribution is 0.412. The summed E-state index contributed by atoms with van der Waals surface area (Å²) in [6.07, 6.45) is 2.42. The molecule has 0 amide bonds. The molecule has 0 fully saturated rings. The molecule has 0 heterocycles. The van der Waals surface area contributed by atoms with Crippen LogP contribution in [-0.4, -0.2) is 15.4 Å². The normalized spacial score (nSPS) is 14.5. The maximum absolute atomic E-state index is 5.80. The molecule has 1 aromatic carbocycles. The summed E-state index contributed by atoms with van der Waals surface area (Å²) in [5.74, 6) is 0. The standard InChI is InChI=1S/C13H20OSi/c1-4-6-12-15(5-2,14-3)13-10-8-7-9-11-13/h5,7-11H,2,4,6,12H2,1,3H3. The Morgan fingerprint density at radius 3 is 2.47 bits per heavy atom. The van der Waals surface area contributed by atoms with Gasteiger partial charge in [0.05, 0.1) is 0 Å². The van der Waals surface area contributed by atoms with Gasteiger partial charge in [-0.3, -0.25) is 0 Å². The van der Waals surface area contributed by atoms with Gasteiger partial charge < -0.3 is 4.43 Å². The molecule has 1 atom stereocenters. The Morgan fingerprint density at radius 2 is 2.00 bits per heavy atom. The maximum atomic E-state index is 5.80. The first kappa shape index (κ1) is 12.2. The first-order valence-corrected chi connectivity index (χ1v) is 7.72. The molecule has 1 rings (SSSR count). The van der Waals surface area contributed by atoms with Gasteiger partial charge in [-0.1, -0.05) is 55.8 Å². The molecule has 0 radical (unpaired) electrons. The predicted octanol–water partition coefficient (Wildman–Crippen LogP) is 3.01. The molecule has 0 aliphatic rings. The van der Waals surface area contributed by atoms with Crippen molar-refractivity contribution < 1.29 is 4.43 Å². The average molecular weight is 220 g/mol. The summed E-state index contributed by atoms with van der Waals surface area (Å²) >= 11 is 0. The molecule has 0 aliphatic carbocycles. The molecule has 0 saturated heterocycles. The Labute approximate surface area is 93.9 Å². The second-order valence-electron chi connectivity index (χ2n) is 3.77. The minimum Gasteiger partial charge on any atom is -0.412 e. The van der Waals surface area contributed by atoms with Crippen LogP contribution in [0.1, 0.15) is 19.8 Å². The van der Waals surface area contributed by atoms with Crippen LogP contribution in [0.4, 0.5) is 0 Å². The summed E-state index contributed by atoms with van der Waals surface area (Å²) < 4.78 is 5.80. The average Bonchev–Trinajstić information content (AvgIpc) is 2.33. The molecule has 15 heavy (non-hydrogen) atoms. The Kier molecular flexibility index (Phi) is 4.79. The van der Waals surface area contributed by atoms with Crippen LogP contribution < -0.4 is 5.19 Å². The lowest BCUT2D eigenvalue weighted by Gasteiger charge is -2.26. The lowest BCUT2D eigenvalue weighted by atomic mass is 10.4. The largest absolute Gasteiger partial charge is 0.412 e. The summed E-state index contributed by atoms with van der Waals surface area (Å²) in [4.78, 5) is 0. The molecular weight excluding hydrogens is 200 g/mol. The molecule has 1 nitrogen and oxygen atoms in total. The van der Waals surface area contributed by atoms with Gasteiger partial charge in [0.2, 0.25) is 8.32 Å². The van der Waals surface area contributed by atoms with Crippen LogP contribution in [0.3, 0.4) is 0 Å². The summed E-state index contributed by atoms with van der Waals surface area (Å²) in [7, 11) is -0.0606. The minimum atomic E-state index is -1.88. The predicted molar refractivity (Wildman–Crippen MR) is 68.8 cm³/mol. The van der Waals surface area contributed by atoms with E-state index in [-0.39, 0.29) is 0 Å². The van der Waals surface area contributed by atoms with E-state index in [0.717, 1.165) is 6.04 Å². The molecule has 0 aliphatic heterocycles. The third-order valence-corrected chi connectivity index (χ3v) is 6.65. The molecule has 2 heteroatoms. The van der Waals surface area contributed by atoms with Gasteiger partial charge in [0.25, 0.3) is 0 Å². The highest BCUT2D eigenvalue weighted by atomic mass is 28.4. The fourth-order valence-corrected chi connectivity index (χ4v) is 4.80. The number of unbranched alkanes of at least 4 members (excludes halogenated alkanes) is 1. The summed E-state index contributed by atoms with van der Waals surface area (Å²) in [5, 5.41) is 1.33. The van der Waals surface area contributed by atoms with Crippen molar-refractivity contribution in [2.24, 2.45) is 0 Å². The summed E-state index contributed by atoms with van der Waals surface area (Å²) in [5.41, 5.74) is 2.05. The second kappa shape index (κ2) is 5.88. The molecule has 1 aromatic rings. The van der Waals surface area contributed by atoms with E-state index in [4.69, 9.17) is 4.43 Å². The Bertz CT molecular complexity index is 297. The zero-order valence-electron chi connectivity index (χ0n) is 9.70. The summed E-state index contributed by atoms with van der Waals surface area (Å²) in [6, 6.07) is 11.6. The quantitative estimate of drug-likeness (QED) is 0.670. The monoisotopic (exact) mass is 220 g/mol. The van der Waals surface area contributed by atoms with Crippen LogP contribution in [0.25, 0.3) is 0 Å². The van der Waals surface area contributed by atoms with Gasteiger partial charge in [0, 0.05) is 7.11 Å². The Morgan fingerprint density at radius 1 is 1.33 bits per heavy atom. The van der Waals surface area contributed by atoms with E-state index >= 15 is 0 Å². The Balaban J connectivity index is 2.94. The van der Waals surface area contributed by atoms with Crippen LogP contribution in [0, 0.1) is 0 Å². The van der Waals surface area contributed by atoms with Gasteiger partial charge in [0.1, 0.15) is 0 Å². The van der Waals surface area contributed by atoms with Crippen molar-refractivity contribution >= 4 is 13.5 Å². The van der Waals surface area contributed by atoms with E-state index in [0.29, 0.717) is 0 Å². The van der Waals surface area contributed by atoms with Crippen molar-refractivity contribution in [1.82, 2.24) is 0 Å². The zero-order valence-corrected chi connectivity index (χ0v) is 10.7. The summed E-state index contributed by atoms with van der Waals surface area (Å²) in [6.45, 7) is 6.18. The van der Waals surface area contributed by atoms with E-state index in [9.17, 15) is 0 Å². The van der Waals surface area contributed by atoms with E-state index < -0.39 is 8.32 Å². The van der Waals surface area contributed by atoms with Crippen LogP contribution in [0.5, 0.6) is 0 Å². The van der Waals surface area contributed by atoms with Crippen LogP contribution in [0.2, 0.25) is 6.04 Å². The molecule has 0 N–H and O–H groups in total. The SMILES string of the molecule is C=C[Si](CCCC)(OC)c1ccccc1. The minimum absolute atomic E-state index is 1.13. The van der Waals surface area contributed by atoms with Gasteiger partial charge >= 0.3 is 0 Å². The second-order valence-corrected chi connectivity index (χ2v) is 7.44. The smallest absolute Gasteiger partial charge is 0.247 e. The molecule has 0 spiro atoms. The number of hydrogen-bond donors (Lipinski definition) is 0. The van der Waals surface area contributed by atoms with Gasteiger partial charge in [0.15, 0.2) is 0 Å². The van der Waals surface area contributed by atoms with E-state index in [1.807, 2.05) is 13.2 Å². The van der Waals surface area contributed by atoms with E-state index in [1.165, 1.54) is 18.0 Å². The van der Waals surface area contributed by atoms with Gasteiger partial charge in [-0.05, 0) is 11.2 Å². The van der Waals surface area contributed by atoms with Crippen molar-refractivity contribution in [3.63, 3.8) is 0 Å². The number of benzene rings is 1. The van der Waals surface area contributed by atoms with Gasteiger partial charge in [-0.15, -0.1) is 6.58 Å².